The first-order valence-electron chi connectivity index (χ1n) is 15.9. The lowest BCUT2D eigenvalue weighted by atomic mass is 9.98. The van der Waals surface area contributed by atoms with Crippen LogP contribution in [0.25, 0.3) is 16.9 Å². The van der Waals surface area contributed by atoms with E-state index in [4.69, 9.17) is 4.98 Å². The van der Waals surface area contributed by atoms with Gasteiger partial charge in [0.05, 0.1) is 29.9 Å². The van der Waals surface area contributed by atoms with Gasteiger partial charge in [0.2, 0.25) is 0 Å². The lowest BCUT2D eigenvalue weighted by Crippen LogP contribution is -2.44. The smallest absolute Gasteiger partial charge is 0.274 e. The molecule has 3 aliphatic rings. The van der Waals surface area contributed by atoms with E-state index in [-0.39, 0.29) is 5.91 Å². The first kappa shape index (κ1) is 28.6. The highest BCUT2D eigenvalue weighted by atomic mass is 19.1. The molecule has 5 aromatic rings. The molecule has 4 aromatic heterocycles. The number of aromatic nitrogens is 5. The quantitative estimate of drug-likeness (QED) is 0.290. The van der Waals surface area contributed by atoms with Gasteiger partial charge < -0.3 is 34.1 Å². The minimum atomic E-state index is -0.515. The van der Waals surface area contributed by atoms with Gasteiger partial charge in [-0.2, -0.15) is 0 Å². The molecule has 0 saturated carbocycles. The molecule has 0 radical (unpaired) electrons. The SMILES string of the molecule is CN1CCN(c2ccc(Nc3nc(-c4cc(F)cc(N5CCn6c(cc7c6CCCC7)C5=O)c4CO)cn4ccnc34)nc2)CC1. The van der Waals surface area contributed by atoms with E-state index in [1.54, 1.807) is 27.9 Å². The summed E-state index contributed by atoms with van der Waals surface area (Å²) >= 11 is 0. The summed E-state index contributed by atoms with van der Waals surface area (Å²) in [7, 11) is 2.13. The van der Waals surface area contributed by atoms with Gasteiger partial charge in [0.25, 0.3) is 5.91 Å². The monoisotopic (exact) mass is 621 g/mol. The third-order valence-corrected chi connectivity index (χ3v) is 9.57. The predicted octanol–water partition coefficient (Wildman–Crippen LogP) is 4.26. The number of hydrogen-bond acceptors (Lipinski definition) is 8. The number of aliphatic hydroxyl groups excluding tert-OH is 1. The summed E-state index contributed by atoms with van der Waals surface area (Å²) in [5.41, 5.74) is 6.38. The van der Waals surface area contributed by atoms with Crippen LogP contribution in [0.2, 0.25) is 0 Å². The number of pyridine rings is 1. The van der Waals surface area contributed by atoms with Crippen molar-refractivity contribution in [2.24, 2.45) is 0 Å². The molecule has 0 spiro atoms. The lowest BCUT2D eigenvalue weighted by Gasteiger charge is -2.33. The van der Waals surface area contributed by atoms with Crippen LogP contribution in [0.4, 0.5) is 27.4 Å². The van der Waals surface area contributed by atoms with Gasteiger partial charge in [0, 0.05) is 74.7 Å². The number of fused-ring (bicyclic) bond motifs is 4. The molecular weight excluding hydrogens is 585 g/mol. The van der Waals surface area contributed by atoms with E-state index in [0.29, 0.717) is 58.6 Å². The molecule has 1 fully saturated rings. The van der Waals surface area contributed by atoms with E-state index < -0.39 is 12.4 Å². The van der Waals surface area contributed by atoms with Crippen LogP contribution < -0.4 is 15.1 Å². The summed E-state index contributed by atoms with van der Waals surface area (Å²) in [6.07, 6.45) is 11.3. The molecule has 12 heteroatoms. The van der Waals surface area contributed by atoms with Crippen LogP contribution in [-0.4, -0.2) is 79.6 Å². The molecule has 0 unspecified atom stereocenters. The molecule has 2 N–H and O–H groups in total. The highest BCUT2D eigenvalue weighted by Gasteiger charge is 2.32. The number of nitrogens with one attached hydrogen (secondary N) is 1. The number of carbonyl (C=O) groups is 1. The summed E-state index contributed by atoms with van der Waals surface area (Å²) in [6, 6.07) is 8.66. The van der Waals surface area contributed by atoms with E-state index in [1.165, 1.54) is 23.4 Å². The van der Waals surface area contributed by atoms with Crippen molar-refractivity contribution in [1.29, 1.82) is 0 Å². The summed E-state index contributed by atoms with van der Waals surface area (Å²) < 4.78 is 19.3. The van der Waals surface area contributed by atoms with Gasteiger partial charge in [-0.05, 0) is 68.6 Å². The van der Waals surface area contributed by atoms with Crippen molar-refractivity contribution in [3.63, 3.8) is 0 Å². The number of anilines is 4. The first-order valence-corrected chi connectivity index (χ1v) is 15.9. The average molecular weight is 622 g/mol. The second kappa shape index (κ2) is 11.5. The number of hydrogen-bond donors (Lipinski definition) is 2. The van der Waals surface area contributed by atoms with E-state index >= 15 is 4.39 Å². The second-order valence-corrected chi connectivity index (χ2v) is 12.4. The number of benzene rings is 1. The van der Waals surface area contributed by atoms with Gasteiger partial charge in [-0.1, -0.05) is 0 Å². The largest absolute Gasteiger partial charge is 0.392 e. The Balaban J connectivity index is 1.13. The molecule has 1 amide bonds. The Labute approximate surface area is 265 Å². The highest BCUT2D eigenvalue weighted by Crippen LogP contribution is 2.36. The van der Waals surface area contributed by atoms with Crippen LogP contribution in [0.5, 0.6) is 0 Å². The third kappa shape index (κ3) is 4.97. The standard InChI is InChI=1S/C34H36FN9O2/c1-40-10-12-41(13-11-40)24-6-7-31(37-19-24)39-32-33-36-8-9-42(33)20-27(38-32)25-17-23(35)18-29(26(25)21-45)44-15-14-43-28-5-3-2-4-22(28)16-30(43)34(44)46/h6-9,16-20,45H,2-5,10-15,21H2,1H3,(H,37,38,39). The maximum absolute atomic E-state index is 15.4. The molecule has 0 bridgehead atoms. The number of nitrogens with zero attached hydrogens (tertiary/aromatic N) is 8. The van der Waals surface area contributed by atoms with Gasteiger partial charge in [0.1, 0.15) is 17.3 Å². The molecule has 1 aliphatic carbocycles. The zero-order chi connectivity index (χ0) is 31.4. The number of carbonyl (C=O) groups excluding carboxylic acids is 1. The minimum Gasteiger partial charge on any atom is -0.392 e. The number of imidazole rings is 1. The van der Waals surface area contributed by atoms with Crippen LogP contribution in [0, 0.1) is 5.82 Å². The van der Waals surface area contributed by atoms with Gasteiger partial charge in [-0.3, -0.25) is 4.79 Å². The zero-order valence-corrected chi connectivity index (χ0v) is 25.8. The molecule has 1 aromatic carbocycles. The molecule has 11 nitrogen and oxygen atoms in total. The number of rotatable bonds is 6. The number of likely N-dealkylation sites (N-methyl/N-ethyl adjacent to an activating group) is 1. The number of aliphatic hydroxyl groups is 1. The second-order valence-electron chi connectivity index (χ2n) is 12.4. The van der Waals surface area contributed by atoms with Crippen LogP contribution in [-0.2, 0) is 26.0 Å². The Bertz CT molecular complexity index is 1940. The van der Waals surface area contributed by atoms with Crippen LogP contribution >= 0.6 is 0 Å². The fourth-order valence-corrected chi connectivity index (χ4v) is 7.10. The summed E-state index contributed by atoms with van der Waals surface area (Å²) in [5.74, 6) is 0.339. The summed E-state index contributed by atoms with van der Waals surface area (Å²) in [5, 5.41) is 14.0. The number of halogens is 1. The molecule has 6 heterocycles. The van der Waals surface area contributed by atoms with Crippen molar-refractivity contribution in [2.75, 3.05) is 54.9 Å². The van der Waals surface area contributed by atoms with Crippen molar-refractivity contribution in [2.45, 2.75) is 38.8 Å². The molecule has 0 atom stereocenters. The molecule has 8 rings (SSSR count). The number of aryl methyl sites for hydroxylation is 1. The Hall–Kier alpha value is -4.81. The van der Waals surface area contributed by atoms with Gasteiger partial charge >= 0.3 is 0 Å². The van der Waals surface area contributed by atoms with Gasteiger partial charge in [-0.15, -0.1) is 0 Å². The Kier molecular flexibility index (Phi) is 7.18. The molecule has 2 aliphatic heterocycles. The summed E-state index contributed by atoms with van der Waals surface area (Å²) in [6.45, 7) is 4.53. The van der Waals surface area contributed by atoms with Crippen molar-refractivity contribution in [3.8, 4) is 11.3 Å². The molecular formula is C34H36FN9O2. The van der Waals surface area contributed by atoms with Crippen LogP contribution in [0.1, 0.15) is 40.2 Å². The van der Waals surface area contributed by atoms with Gasteiger partial charge in [0.15, 0.2) is 11.5 Å². The maximum atomic E-state index is 15.4. The average Bonchev–Trinajstić information content (AvgIpc) is 3.71. The van der Waals surface area contributed by atoms with Crippen molar-refractivity contribution in [1.82, 2.24) is 28.8 Å². The topological polar surface area (TPSA) is 107 Å². The maximum Gasteiger partial charge on any atom is 0.274 e. The molecule has 46 heavy (non-hydrogen) atoms. The molecule has 236 valence electrons. The fourth-order valence-electron chi connectivity index (χ4n) is 7.10. The zero-order valence-electron chi connectivity index (χ0n) is 25.8. The third-order valence-electron chi connectivity index (χ3n) is 9.57. The van der Waals surface area contributed by atoms with Crippen LogP contribution in [0.15, 0.2) is 55.1 Å². The lowest BCUT2D eigenvalue weighted by molar-refractivity contribution is 0.0964. The van der Waals surface area contributed by atoms with E-state index in [1.807, 2.05) is 24.4 Å². The predicted molar refractivity (Wildman–Crippen MR) is 174 cm³/mol. The van der Waals surface area contributed by atoms with Crippen LogP contribution in [0.3, 0.4) is 0 Å². The molecule has 1 saturated heterocycles. The Morgan fingerprint density at radius 1 is 1.00 bits per heavy atom. The van der Waals surface area contributed by atoms with E-state index in [2.05, 4.69) is 36.7 Å². The Morgan fingerprint density at radius 2 is 1.85 bits per heavy atom. The minimum absolute atomic E-state index is 0.182. The highest BCUT2D eigenvalue weighted by molar-refractivity contribution is 6.07. The number of piperazine rings is 1. The first-order chi connectivity index (χ1) is 22.5. The van der Waals surface area contributed by atoms with E-state index in [0.717, 1.165) is 57.5 Å². The van der Waals surface area contributed by atoms with Crippen molar-refractivity contribution < 1.29 is 14.3 Å². The van der Waals surface area contributed by atoms with Crippen molar-refractivity contribution in [3.05, 3.63) is 83.5 Å². The normalized spacial score (nSPS) is 17.0. The van der Waals surface area contributed by atoms with E-state index in [9.17, 15) is 9.90 Å². The fraction of sp³-hybridized carbons (Fsp3) is 0.353. The van der Waals surface area contributed by atoms with Crippen molar-refractivity contribution >= 4 is 34.6 Å². The summed E-state index contributed by atoms with van der Waals surface area (Å²) in [4.78, 5) is 34.1. The Morgan fingerprint density at radius 3 is 2.65 bits per heavy atom. The number of amides is 1. The van der Waals surface area contributed by atoms with Gasteiger partial charge in [-0.25, -0.2) is 19.3 Å².